The highest BCUT2D eigenvalue weighted by Gasteiger charge is 2.27. The number of carbonyl (C=O) groups excluding carboxylic acids is 1. The van der Waals surface area contributed by atoms with Gasteiger partial charge in [-0.25, -0.2) is 4.79 Å². The van der Waals surface area contributed by atoms with Gasteiger partial charge in [0.05, 0.1) is 0 Å². The standard InChI is InChI=1S/C16H32N2O2/c1-5-6-7-10-17-12-14-9-8-11-18(13-14)15(19)20-16(2,3)4/h14,17H,5-13H2,1-4H3. The van der Waals surface area contributed by atoms with Crippen molar-refractivity contribution >= 4 is 6.09 Å². The summed E-state index contributed by atoms with van der Waals surface area (Å²) in [6.07, 6.45) is 5.94. The van der Waals surface area contributed by atoms with Crippen molar-refractivity contribution in [3.8, 4) is 0 Å². The van der Waals surface area contributed by atoms with Gasteiger partial charge in [0, 0.05) is 13.1 Å². The Kier molecular flexibility index (Phi) is 7.35. The van der Waals surface area contributed by atoms with E-state index in [0.717, 1.165) is 32.6 Å². The Morgan fingerprint density at radius 2 is 2.10 bits per heavy atom. The SMILES string of the molecule is CCCCCNCC1CCCN(C(=O)OC(C)(C)C)C1. The van der Waals surface area contributed by atoms with E-state index in [-0.39, 0.29) is 6.09 Å². The van der Waals surface area contributed by atoms with Crippen LogP contribution < -0.4 is 5.32 Å². The molecular formula is C16H32N2O2. The lowest BCUT2D eigenvalue weighted by Crippen LogP contribution is -2.45. The molecule has 0 aromatic heterocycles. The van der Waals surface area contributed by atoms with Crippen molar-refractivity contribution < 1.29 is 9.53 Å². The molecule has 4 nitrogen and oxygen atoms in total. The number of piperidine rings is 1. The lowest BCUT2D eigenvalue weighted by Gasteiger charge is -2.34. The fraction of sp³-hybridized carbons (Fsp3) is 0.938. The van der Waals surface area contributed by atoms with Crippen LogP contribution in [0, 0.1) is 5.92 Å². The summed E-state index contributed by atoms with van der Waals surface area (Å²) < 4.78 is 5.45. The molecule has 0 aromatic rings. The zero-order chi connectivity index (χ0) is 15.0. The molecule has 0 aliphatic carbocycles. The maximum Gasteiger partial charge on any atom is 0.410 e. The Morgan fingerprint density at radius 3 is 2.75 bits per heavy atom. The highest BCUT2D eigenvalue weighted by Crippen LogP contribution is 2.18. The summed E-state index contributed by atoms with van der Waals surface area (Å²) >= 11 is 0. The maximum atomic E-state index is 12.1. The van der Waals surface area contributed by atoms with Crippen molar-refractivity contribution in [2.75, 3.05) is 26.2 Å². The number of hydrogen-bond acceptors (Lipinski definition) is 3. The van der Waals surface area contributed by atoms with E-state index < -0.39 is 5.60 Å². The molecule has 0 aromatic carbocycles. The summed E-state index contributed by atoms with van der Waals surface area (Å²) in [5.41, 5.74) is -0.400. The van der Waals surface area contributed by atoms with Crippen molar-refractivity contribution in [2.45, 2.75) is 65.4 Å². The fourth-order valence-electron chi connectivity index (χ4n) is 2.53. The molecule has 0 spiro atoms. The quantitative estimate of drug-likeness (QED) is 0.760. The molecule has 1 heterocycles. The molecule has 1 amide bonds. The van der Waals surface area contributed by atoms with Crippen molar-refractivity contribution in [3.05, 3.63) is 0 Å². The number of hydrogen-bond donors (Lipinski definition) is 1. The predicted molar refractivity (Wildman–Crippen MR) is 82.9 cm³/mol. The third-order valence-electron chi connectivity index (χ3n) is 3.56. The summed E-state index contributed by atoms with van der Waals surface area (Å²) in [6.45, 7) is 11.8. The van der Waals surface area contributed by atoms with E-state index in [0.29, 0.717) is 5.92 Å². The molecule has 1 atom stereocenters. The first-order valence-electron chi connectivity index (χ1n) is 8.11. The van der Waals surface area contributed by atoms with Gasteiger partial charge in [0.1, 0.15) is 5.60 Å². The third-order valence-corrected chi connectivity index (χ3v) is 3.56. The molecule has 20 heavy (non-hydrogen) atoms. The second kappa shape index (κ2) is 8.50. The first kappa shape index (κ1) is 17.3. The molecular weight excluding hydrogens is 252 g/mol. The van der Waals surface area contributed by atoms with E-state index in [4.69, 9.17) is 4.74 Å². The number of likely N-dealkylation sites (tertiary alicyclic amines) is 1. The number of amides is 1. The van der Waals surface area contributed by atoms with Crippen LogP contribution in [0.5, 0.6) is 0 Å². The molecule has 0 bridgehead atoms. The number of rotatable bonds is 6. The zero-order valence-electron chi connectivity index (χ0n) is 13.7. The van der Waals surface area contributed by atoms with Gasteiger partial charge < -0.3 is 15.0 Å². The van der Waals surface area contributed by atoms with E-state index in [1.54, 1.807) is 0 Å². The topological polar surface area (TPSA) is 41.6 Å². The van der Waals surface area contributed by atoms with Crippen LogP contribution in [-0.2, 0) is 4.74 Å². The monoisotopic (exact) mass is 284 g/mol. The number of nitrogens with one attached hydrogen (secondary N) is 1. The first-order chi connectivity index (χ1) is 9.42. The van der Waals surface area contributed by atoms with Crippen LogP contribution in [0.25, 0.3) is 0 Å². The lowest BCUT2D eigenvalue weighted by molar-refractivity contribution is 0.0166. The van der Waals surface area contributed by atoms with Gasteiger partial charge in [-0.05, 0) is 59.0 Å². The Bertz CT molecular complexity index is 287. The highest BCUT2D eigenvalue weighted by atomic mass is 16.6. The Hall–Kier alpha value is -0.770. The summed E-state index contributed by atoms with van der Waals surface area (Å²) in [5.74, 6) is 0.567. The van der Waals surface area contributed by atoms with Crippen LogP contribution in [-0.4, -0.2) is 42.8 Å². The number of nitrogens with zero attached hydrogens (tertiary/aromatic N) is 1. The van der Waals surface area contributed by atoms with Gasteiger partial charge in [0.25, 0.3) is 0 Å². The third kappa shape index (κ3) is 7.13. The van der Waals surface area contributed by atoms with Crippen LogP contribution in [0.15, 0.2) is 0 Å². The molecule has 0 saturated carbocycles. The molecule has 1 rings (SSSR count). The Morgan fingerprint density at radius 1 is 1.35 bits per heavy atom. The molecule has 118 valence electrons. The second-order valence-electron chi connectivity index (χ2n) is 6.85. The van der Waals surface area contributed by atoms with Crippen LogP contribution >= 0.6 is 0 Å². The van der Waals surface area contributed by atoms with Crippen molar-refractivity contribution in [2.24, 2.45) is 5.92 Å². The van der Waals surface area contributed by atoms with Gasteiger partial charge in [0.15, 0.2) is 0 Å². The van der Waals surface area contributed by atoms with Gasteiger partial charge in [-0.2, -0.15) is 0 Å². The van der Waals surface area contributed by atoms with Crippen molar-refractivity contribution in [3.63, 3.8) is 0 Å². The van der Waals surface area contributed by atoms with Gasteiger partial charge in [-0.3, -0.25) is 0 Å². The van der Waals surface area contributed by atoms with Crippen LogP contribution in [0.4, 0.5) is 4.79 Å². The van der Waals surface area contributed by atoms with Gasteiger partial charge in [-0.15, -0.1) is 0 Å². The molecule has 1 unspecified atom stereocenters. The number of unbranched alkanes of at least 4 members (excludes halogenated alkanes) is 2. The summed E-state index contributed by atoms with van der Waals surface area (Å²) in [6, 6.07) is 0. The summed E-state index contributed by atoms with van der Waals surface area (Å²) in [4.78, 5) is 13.9. The average molecular weight is 284 g/mol. The minimum absolute atomic E-state index is 0.159. The fourth-order valence-corrected chi connectivity index (χ4v) is 2.53. The molecule has 1 fully saturated rings. The van der Waals surface area contributed by atoms with Crippen LogP contribution in [0.3, 0.4) is 0 Å². The Labute approximate surface area is 124 Å². The second-order valence-corrected chi connectivity index (χ2v) is 6.85. The van der Waals surface area contributed by atoms with E-state index in [9.17, 15) is 4.79 Å². The van der Waals surface area contributed by atoms with Crippen LogP contribution in [0.1, 0.15) is 59.8 Å². The number of ether oxygens (including phenoxy) is 1. The molecule has 1 N–H and O–H groups in total. The van der Waals surface area contributed by atoms with E-state index in [1.807, 2.05) is 25.7 Å². The largest absolute Gasteiger partial charge is 0.444 e. The highest BCUT2D eigenvalue weighted by molar-refractivity contribution is 5.68. The van der Waals surface area contributed by atoms with E-state index in [2.05, 4.69) is 12.2 Å². The first-order valence-corrected chi connectivity index (χ1v) is 8.11. The molecule has 0 radical (unpaired) electrons. The minimum atomic E-state index is -0.400. The predicted octanol–water partition coefficient (Wildman–Crippen LogP) is 3.41. The van der Waals surface area contributed by atoms with Crippen LogP contribution in [0.2, 0.25) is 0 Å². The van der Waals surface area contributed by atoms with E-state index >= 15 is 0 Å². The lowest BCUT2D eigenvalue weighted by atomic mass is 9.98. The normalized spacial score (nSPS) is 20.0. The molecule has 1 saturated heterocycles. The van der Waals surface area contributed by atoms with Crippen molar-refractivity contribution in [1.29, 1.82) is 0 Å². The molecule has 1 aliphatic heterocycles. The van der Waals surface area contributed by atoms with Gasteiger partial charge in [0.2, 0.25) is 0 Å². The zero-order valence-corrected chi connectivity index (χ0v) is 13.7. The number of carbonyl (C=O) groups is 1. The van der Waals surface area contributed by atoms with E-state index in [1.165, 1.54) is 25.7 Å². The summed E-state index contributed by atoms with van der Waals surface area (Å²) in [5, 5.41) is 3.52. The van der Waals surface area contributed by atoms with Crippen molar-refractivity contribution in [1.82, 2.24) is 10.2 Å². The smallest absolute Gasteiger partial charge is 0.410 e. The van der Waals surface area contributed by atoms with Gasteiger partial charge in [-0.1, -0.05) is 19.8 Å². The maximum absolute atomic E-state index is 12.1. The average Bonchev–Trinajstić information content (AvgIpc) is 2.37. The molecule has 1 aliphatic rings. The minimum Gasteiger partial charge on any atom is -0.444 e. The molecule has 4 heteroatoms. The van der Waals surface area contributed by atoms with Gasteiger partial charge >= 0.3 is 6.09 Å². The Balaban J connectivity index is 2.26. The summed E-state index contributed by atoms with van der Waals surface area (Å²) in [7, 11) is 0.